The van der Waals surface area contributed by atoms with Crippen molar-refractivity contribution in [2.75, 3.05) is 26.6 Å². The van der Waals surface area contributed by atoms with Gasteiger partial charge in [-0.2, -0.15) is 0 Å². The Bertz CT molecular complexity index is 454. The zero-order valence-corrected chi connectivity index (χ0v) is 14.2. The lowest BCUT2D eigenvalue weighted by atomic mass is 10.2. The van der Waals surface area contributed by atoms with Crippen LogP contribution in [0.4, 0.5) is 0 Å². The van der Waals surface area contributed by atoms with Crippen molar-refractivity contribution in [2.45, 2.75) is 19.6 Å². The molecule has 0 saturated heterocycles. The van der Waals surface area contributed by atoms with E-state index in [1.54, 1.807) is 18.2 Å². The largest absolute Gasteiger partial charge is 0.492 e. The summed E-state index contributed by atoms with van der Waals surface area (Å²) in [6.45, 7) is 2.36. The molecule has 0 spiro atoms. The van der Waals surface area contributed by atoms with Gasteiger partial charge in [0.25, 0.3) is 0 Å². The van der Waals surface area contributed by atoms with Gasteiger partial charge < -0.3 is 9.47 Å². The number of hydrogen-bond acceptors (Lipinski definition) is 4. The molecule has 0 aliphatic heterocycles. The molecule has 0 fully saturated rings. The van der Waals surface area contributed by atoms with E-state index in [1.807, 2.05) is 25.9 Å². The van der Waals surface area contributed by atoms with Gasteiger partial charge in [-0.25, -0.2) is 4.79 Å². The fourth-order valence-electron chi connectivity index (χ4n) is 1.31. The van der Waals surface area contributed by atoms with E-state index in [4.69, 9.17) is 21.1 Å². The summed E-state index contributed by atoms with van der Waals surface area (Å²) >= 11 is 8.98. The molecule has 1 aromatic carbocycles. The highest BCUT2D eigenvalue weighted by Crippen LogP contribution is 2.26. The van der Waals surface area contributed by atoms with E-state index < -0.39 is 0 Å². The van der Waals surface area contributed by atoms with Gasteiger partial charge in [-0.15, -0.1) is 11.6 Å². The van der Waals surface area contributed by atoms with E-state index >= 15 is 0 Å². The lowest BCUT2D eigenvalue weighted by molar-refractivity contribution is -0.00547. The van der Waals surface area contributed by atoms with Crippen LogP contribution in [-0.2, 0) is 4.74 Å². The summed E-state index contributed by atoms with van der Waals surface area (Å²) in [7, 11) is 3.70. The van der Waals surface area contributed by atoms with Crippen molar-refractivity contribution in [1.29, 1.82) is 0 Å². The molecular weight excluding hydrogens is 346 g/mol. The van der Waals surface area contributed by atoms with Crippen LogP contribution in [0.25, 0.3) is 0 Å². The second-order valence-corrected chi connectivity index (χ2v) is 5.74. The van der Waals surface area contributed by atoms with Gasteiger partial charge in [0.1, 0.15) is 5.75 Å². The van der Waals surface area contributed by atoms with E-state index in [-0.39, 0.29) is 12.2 Å². The average molecular weight is 365 g/mol. The van der Waals surface area contributed by atoms with Crippen molar-refractivity contribution < 1.29 is 14.3 Å². The molecule has 1 unspecified atom stereocenters. The fourth-order valence-corrected chi connectivity index (χ4v) is 1.91. The molecule has 0 heterocycles. The van der Waals surface area contributed by atoms with Crippen molar-refractivity contribution in [1.82, 2.24) is 4.90 Å². The standard InChI is InChI=1S/C14H19BrClNO3/c1-10(17(2)3)20-14(18)11-5-6-13(12(15)9-11)19-8-4-7-16/h5-6,9-10H,4,7-8H2,1-3H3. The highest BCUT2D eigenvalue weighted by atomic mass is 79.9. The van der Waals surface area contributed by atoms with E-state index in [1.165, 1.54) is 0 Å². The van der Waals surface area contributed by atoms with Gasteiger partial charge in [-0.1, -0.05) is 0 Å². The number of carbonyl (C=O) groups excluding carboxylic acids is 1. The van der Waals surface area contributed by atoms with Crippen molar-refractivity contribution >= 4 is 33.5 Å². The van der Waals surface area contributed by atoms with E-state index in [0.29, 0.717) is 23.8 Å². The van der Waals surface area contributed by atoms with Gasteiger partial charge in [0.05, 0.1) is 16.6 Å². The summed E-state index contributed by atoms with van der Waals surface area (Å²) in [6, 6.07) is 5.13. The van der Waals surface area contributed by atoms with Gasteiger partial charge in [-0.05, 0) is 61.6 Å². The molecule has 0 saturated carbocycles. The highest BCUT2D eigenvalue weighted by molar-refractivity contribution is 9.10. The first-order chi connectivity index (χ1) is 9.45. The van der Waals surface area contributed by atoms with Gasteiger partial charge in [0, 0.05) is 5.88 Å². The summed E-state index contributed by atoms with van der Waals surface area (Å²) in [4.78, 5) is 13.8. The number of alkyl halides is 1. The molecule has 0 N–H and O–H groups in total. The van der Waals surface area contributed by atoms with Gasteiger partial charge in [0.2, 0.25) is 0 Å². The summed E-state index contributed by atoms with van der Waals surface area (Å²) in [6.07, 6.45) is 0.499. The molecule has 1 rings (SSSR count). The third-order valence-corrected chi connectivity index (χ3v) is 3.59. The maximum absolute atomic E-state index is 12.0. The molecule has 1 aromatic rings. The molecular formula is C14H19BrClNO3. The molecule has 0 aliphatic rings. The van der Waals surface area contributed by atoms with Crippen molar-refractivity contribution in [3.63, 3.8) is 0 Å². The number of nitrogens with zero attached hydrogens (tertiary/aromatic N) is 1. The maximum atomic E-state index is 12.0. The van der Waals surface area contributed by atoms with Gasteiger partial charge in [0.15, 0.2) is 6.23 Å². The Labute approximate surface area is 133 Å². The number of ether oxygens (including phenoxy) is 2. The van der Waals surface area contributed by atoms with Crippen LogP contribution in [0.1, 0.15) is 23.7 Å². The van der Waals surface area contributed by atoms with Crippen LogP contribution >= 0.6 is 27.5 Å². The Morgan fingerprint density at radius 1 is 1.45 bits per heavy atom. The number of benzene rings is 1. The summed E-state index contributed by atoms with van der Waals surface area (Å²) in [5.74, 6) is 0.885. The molecule has 0 aliphatic carbocycles. The summed E-state index contributed by atoms with van der Waals surface area (Å²) in [5.41, 5.74) is 0.482. The zero-order valence-electron chi connectivity index (χ0n) is 11.9. The minimum Gasteiger partial charge on any atom is -0.492 e. The first-order valence-electron chi connectivity index (χ1n) is 6.31. The zero-order chi connectivity index (χ0) is 15.1. The first-order valence-corrected chi connectivity index (χ1v) is 7.64. The Balaban J connectivity index is 2.68. The van der Waals surface area contributed by atoms with Crippen LogP contribution < -0.4 is 4.74 Å². The molecule has 1 atom stereocenters. The smallest absolute Gasteiger partial charge is 0.339 e. The second-order valence-electron chi connectivity index (χ2n) is 4.50. The predicted molar refractivity (Wildman–Crippen MR) is 83.5 cm³/mol. The number of esters is 1. The Morgan fingerprint density at radius 2 is 2.15 bits per heavy atom. The monoisotopic (exact) mass is 363 g/mol. The van der Waals surface area contributed by atoms with Gasteiger partial charge in [-0.3, -0.25) is 4.90 Å². The molecule has 0 radical (unpaired) electrons. The Morgan fingerprint density at radius 3 is 2.70 bits per heavy atom. The lowest BCUT2D eigenvalue weighted by Gasteiger charge is -2.20. The first kappa shape index (κ1) is 17.3. The van der Waals surface area contributed by atoms with Gasteiger partial charge >= 0.3 is 5.97 Å². The Hall–Kier alpha value is -0.780. The van der Waals surface area contributed by atoms with Crippen molar-refractivity contribution in [3.8, 4) is 5.75 Å². The minimum atomic E-state index is -0.362. The van der Waals surface area contributed by atoms with E-state index in [9.17, 15) is 4.79 Å². The predicted octanol–water partition coefficient (Wildman–Crippen LogP) is 3.52. The maximum Gasteiger partial charge on any atom is 0.339 e. The third kappa shape index (κ3) is 5.31. The molecule has 20 heavy (non-hydrogen) atoms. The van der Waals surface area contributed by atoms with Crippen LogP contribution in [0.3, 0.4) is 0 Å². The highest BCUT2D eigenvalue weighted by Gasteiger charge is 2.15. The van der Waals surface area contributed by atoms with Crippen LogP contribution in [-0.4, -0.2) is 43.7 Å². The molecule has 0 aromatic heterocycles. The molecule has 6 heteroatoms. The van der Waals surface area contributed by atoms with Crippen LogP contribution in [0.2, 0.25) is 0 Å². The van der Waals surface area contributed by atoms with Crippen LogP contribution in [0, 0.1) is 0 Å². The van der Waals surface area contributed by atoms with E-state index in [0.717, 1.165) is 10.9 Å². The van der Waals surface area contributed by atoms with E-state index in [2.05, 4.69) is 15.9 Å². The van der Waals surface area contributed by atoms with Crippen molar-refractivity contribution in [2.24, 2.45) is 0 Å². The molecule has 4 nitrogen and oxygen atoms in total. The third-order valence-electron chi connectivity index (χ3n) is 2.71. The number of halogens is 2. The number of hydrogen-bond donors (Lipinski definition) is 0. The normalized spacial score (nSPS) is 12.3. The topological polar surface area (TPSA) is 38.8 Å². The molecule has 0 bridgehead atoms. The fraction of sp³-hybridized carbons (Fsp3) is 0.500. The minimum absolute atomic E-state index is 0.277. The average Bonchev–Trinajstić information content (AvgIpc) is 2.40. The Kier molecular flexibility index (Phi) is 7.34. The number of carbonyl (C=O) groups is 1. The SMILES string of the molecule is CC(OC(=O)c1ccc(OCCCCl)c(Br)c1)N(C)C. The molecule has 112 valence electrons. The molecule has 0 amide bonds. The summed E-state index contributed by atoms with van der Waals surface area (Å²) < 4.78 is 11.6. The quantitative estimate of drug-likeness (QED) is 0.321. The van der Waals surface area contributed by atoms with Crippen LogP contribution in [0.5, 0.6) is 5.75 Å². The lowest BCUT2D eigenvalue weighted by Crippen LogP contribution is -2.29. The second kappa shape index (κ2) is 8.49. The summed E-state index contributed by atoms with van der Waals surface area (Å²) in [5, 5.41) is 0. The van der Waals surface area contributed by atoms with Crippen molar-refractivity contribution in [3.05, 3.63) is 28.2 Å². The van der Waals surface area contributed by atoms with Crippen LogP contribution in [0.15, 0.2) is 22.7 Å². The number of rotatable bonds is 7.